The van der Waals surface area contributed by atoms with Gasteiger partial charge in [-0.15, -0.1) is 0 Å². The Bertz CT molecular complexity index is 1170. The van der Waals surface area contributed by atoms with E-state index in [9.17, 15) is 4.57 Å². The smallest absolute Gasteiger partial charge is 0.201 e. The molecule has 0 saturated heterocycles. The van der Waals surface area contributed by atoms with Gasteiger partial charge >= 0.3 is 0 Å². The van der Waals surface area contributed by atoms with Crippen LogP contribution in [0.25, 0.3) is 21.8 Å². The summed E-state index contributed by atoms with van der Waals surface area (Å²) in [6.07, 6.45) is 0. The zero-order valence-corrected chi connectivity index (χ0v) is 16.8. The highest BCUT2D eigenvalue weighted by molar-refractivity contribution is 9.10. The van der Waals surface area contributed by atoms with Crippen LogP contribution in [-0.4, -0.2) is 9.97 Å². The van der Waals surface area contributed by atoms with Gasteiger partial charge in [0, 0.05) is 31.6 Å². The lowest BCUT2D eigenvalue weighted by Gasteiger charge is -2.16. The monoisotopic (exact) mass is 434 g/mol. The summed E-state index contributed by atoms with van der Waals surface area (Å²) in [5.74, 6) is 0. The van der Waals surface area contributed by atoms with Crippen LogP contribution in [0.3, 0.4) is 0 Å². The van der Waals surface area contributed by atoms with E-state index in [0.717, 1.165) is 42.5 Å². The van der Waals surface area contributed by atoms with E-state index in [0.29, 0.717) is 0 Å². The van der Waals surface area contributed by atoms with E-state index in [1.807, 2.05) is 84.9 Å². The van der Waals surface area contributed by atoms with Crippen LogP contribution in [0.4, 0.5) is 0 Å². The van der Waals surface area contributed by atoms with Crippen molar-refractivity contribution in [2.75, 3.05) is 0 Å². The van der Waals surface area contributed by atoms with Crippen molar-refractivity contribution in [3.05, 3.63) is 89.4 Å². The number of fused-ring (bicyclic) bond motifs is 2. The van der Waals surface area contributed by atoms with E-state index < -0.39 is 7.14 Å². The normalized spacial score (nSPS) is 12.0. The molecular formula is C22H16BrN2OP. The molecule has 2 N–H and O–H groups in total. The fourth-order valence-corrected chi connectivity index (χ4v) is 6.36. The van der Waals surface area contributed by atoms with Gasteiger partial charge in [0.25, 0.3) is 0 Å². The highest BCUT2D eigenvalue weighted by Gasteiger charge is 2.33. The maximum atomic E-state index is 14.6. The van der Waals surface area contributed by atoms with Gasteiger partial charge < -0.3 is 14.5 Å². The van der Waals surface area contributed by atoms with Crippen LogP contribution in [0.1, 0.15) is 0 Å². The predicted octanol–water partition coefficient (Wildman–Crippen LogP) is 5.05. The van der Waals surface area contributed by atoms with E-state index in [1.54, 1.807) is 0 Å². The van der Waals surface area contributed by atoms with E-state index in [2.05, 4.69) is 25.9 Å². The Morgan fingerprint density at radius 2 is 1.15 bits per heavy atom. The van der Waals surface area contributed by atoms with E-state index >= 15 is 0 Å². The molecule has 2 heterocycles. The number of hydrogen-bond donors (Lipinski definition) is 2. The van der Waals surface area contributed by atoms with Crippen molar-refractivity contribution in [1.29, 1.82) is 0 Å². The van der Waals surface area contributed by atoms with E-state index in [-0.39, 0.29) is 0 Å². The molecule has 0 spiro atoms. The van der Waals surface area contributed by atoms with Gasteiger partial charge in [0.15, 0.2) is 0 Å². The first-order chi connectivity index (χ1) is 13.1. The molecule has 0 bridgehead atoms. The summed E-state index contributed by atoms with van der Waals surface area (Å²) in [4.78, 5) is 6.79. The standard InChI is InChI=1S/C22H16BrN2OP/c23-17-9-11-18(12-10-17)27(26,21-13-15-5-1-3-7-19(15)24-21)22-14-16-6-2-4-8-20(16)25-22/h1-14,24-25H. The van der Waals surface area contributed by atoms with Crippen LogP contribution >= 0.6 is 23.1 Å². The molecule has 5 aromatic rings. The zero-order chi connectivity index (χ0) is 18.4. The molecule has 0 radical (unpaired) electrons. The summed E-state index contributed by atoms with van der Waals surface area (Å²) in [7, 11) is -3.07. The number of aromatic nitrogens is 2. The summed E-state index contributed by atoms with van der Waals surface area (Å²) in [6, 6.07) is 27.8. The van der Waals surface area contributed by atoms with Gasteiger partial charge in [0.2, 0.25) is 7.14 Å². The lowest BCUT2D eigenvalue weighted by molar-refractivity contribution is 0.591. The van der Waals surface area contributed by atoms with Crippen molar-refractivity contribution < 1.29 is 4.57 Å². The Kier molecular flexibility index (Phi) is 3.85. The third-order valence-corrected chi connectivity index (χ3v) is 8.29. The van der Waals surface area contributed by atoms with E-state index in [4.69, 9.17) is 0 Å². The molecule has 0 unspecified atom stereocenters. The van der Waals surface area contributed by atoms with Crippen molar-refractivity contribution in [2.45, 2.75) is 0 Å². The minimum absolute atomic E-state index is 0.734. The maximum absolute atomic E-state index is 14.6. The molecule has 0 atom stereocenters. The largest absolute Gasteiger partial charge is 0.352 e. The number of rotatable bonds is 3. The van der Waals surface area contributed by atoms with Crippen molar-refractivity contribution in [2.24, 2.45) is 0 Å². The number of hydrogen-bond acceptors (Lipinski definition) is 1. The third kappa shape index (κ3) is 2.68. The highest BCUT2D eigenvalue weighted by Crippen LogP contribution is 2.43. The summed E-state index contributed by atoms with van der Waals surface area (Å²) in [5.41, 5.74) is 3.44. The SMILES string of the molecule is O=P(c1ccc(Br)cc1)(c1cc2ccccc2[nH]1)c1cc2ccccc2[nH]1. The van der Waals surface area contributed by atoms with Crippen LogP contribution in [0.15, 0.2) is 89.4 Å². The summed E-state index contributed by atoms with van der Waals surface area (Å²) in [5, 5.41) is 2.91. The first-order valence-corrected chi connectivity index (χ1v) is 11.2. The van der Waals surface area contributed by atoms with Crippen LogP contribution in [-0.2, 0) is 4.57 Å². The number of halogens is 1. The fourth-order valence-electron chi connectivity index (χ4n) is 3.51. The molecule has 0 aliphatic rings. The first-order valence-electron chi connectivity index (χ1n) is 8.67. The second-order valence-corrected chi connectivity index (χ2v) is 10.2. The molecule has 132 valence electrons. The predicted molar refractivity (Wildman–Crippen MR) is 117 cm³/mol. The van der Waals surface area contributed by atoms with Gasteiger partial charge in [-0.2, -0.15) is 0 Å². The Hall–Kier alpha value is -2.55. The Morgan fingerprint density at radius 1 is 0.667 bits per heavy atom. The molecule has 0 saturated carbocycles. The Balaban J connectivity index is 1.81. The Labute approximate surface area is 164 Å². The molecule has 2 aromatic heterocycles. The maximum Gasteiger partial charge on any atom is 0.201 e. The summed E-state index contributed by atoms with van der Waals surface area (Å²) in [6.45, 7) is 0. The molecule has 0 aliphatic carbocycles. The lowest BCUT2D eigenvalue weighted by Crippen LogP contribution is -2.26. The summed E-state index contributed by atoms with van der Waals surface area (Å²) >= 11 is 3.48. The van der Waals surface area contributed by atoms with Gasteiger partial charge in [-0.3, -0.25) is 0 Å². The molecule has 27 heavy (non-hydrogen) atoms. The lowest BCUT2D eigenvalue weighted by atomic mass is 10.3. The van der Waals surface area contributed by atoms with Crippen LogP contribution in [0, 0.1) is 0 Å². The molecule has 0 amide bonds. The van der Waals surface area contributed by atoms with Gasteiger partial charge in [-0.1, -0.05) is 52.3 Å². The first kappa shape index (κ1) is 16.6. The van der Waals surface area contributed by atoms with Crippen molar-refractivity contribution in [3.63, 3.8) is 0 Å². The topological polar surface area (TPSA) is 48.6 Å². The second-order valence-electron chi connectivity index (χ2n) is 6.57. The van der Waals surface area contributed by atoms with Crippen molar-refractivity contribution in [1.82, 2.24) is 9.97 Å². The quantitative estimate of drug-likeness (QED) is 0.383. The average Bonchev–Trinajstić information content (AvgIpc) is 3.32. The molecule has 5 heteroatoms. The number of aromatic amines is 2. The van der Waals surface area contributed by atoms with Crippen molar-refractivity contribution in [3.8, 4) is 0 Å². The number of H-pyrrole nitrogens is 2. The second kappa shape index (κ2) is 6.26. The van der Waals surface area contributed by atoms with E-state index in [1.165, 1.54) is 0 Å². The minimum Gasteiger partial charge on any atom is -0.352 e. The molecular weight excluding hydrogens is 419 g/mol. The summed E-state index contributed by atoms with van der Waals surface area (Å²) < 4.78 is 15.6. The van der Waals surface area contributed by atoms with Crippen LogP contribution in [0.5, 0.6) is 0 Å². The van der Waals surface area contributed by atoms with Crippen molar-refractivity contribution >= 4 is 61.1 Å². The third-order valence-electron chi connectivity index (χ3n) is 4.90. The zero-order valence-electron chi connectivity index (χ0n) is 14.3. The highest BCUT2D eigenvalue weighted by atomic mass is 79.9. The minimum atomic E-state index is -3.07. The molecule has 0 fully saturated rings. The number of nitrogens with one attached hydrogen (secondary N) is 2. The van der Waals surface area contributed by atoms with Gasteiger partial charge in [0.1, 0.15) is 0 Å². The van der Waals surface area contributed by atoms with Gasteiger partial charge in [-0.05, 0) is 48.5 Å². The Morgan fingerprint density at radius 3 is 1.63 bits per heavy atom. The molecule has 3 aromatic carbocycles. The van der Waals surface area contributed by atoms with Gasteiger partial charge in [0.05, 0.1) is 10.9 Å². The van der Waals surface area contributed by atoms with Gasteiger partial charge in [-0.25, -0.2) is 0 Å². The molecule has 0 aliphatic heterocycles. The van der Waals surface area contributed by atoms with Crippen LogP contribution in [0.2, 0.25) is 0 Å². The average molecular weight is 435 g/mol. The number of para-hydroxylation sites is 2. The number of benzene rings is 3. The molecule has 5 rings (SSSR count). The van der Waals surface area contributed by atoms with Crippen LogP contribution < -0.4 is 16.2 Å². The fraction of sp³-hybridized carbons (Fsp3) is 0. The molecule has 3 nitrogen and oxygen atoms in total.